The van der Waals surface area contributed by atoms with Gasteiger partial charge in [-0.25, -0.2) is 0 Å². The van der Waals surface area contributed by atoms with Gasteiger partial charge >= 0.3 is 5.97 Å². The minimum absolute atomic E-state index is 0.109. The van der Waals surface area contributed by atoms with E-state index in [0.717, 1.165) is 0 Å². The molecule has 0 spiro atoms. The van der Waals surface area contributed by atoms with E-state index >= 15 is 0 Å². The average molecular weight is 216 g/mol. The molecule has 0 saturated heterocycles. The highest BCUT2D eigenvalue weighted by Gasteiger charge is 2.14. The molecular formula is C10H20N2O3. The van der Waals surface area contributed by atoms with Gasteiger partial charge in [0.15, 0.2) is 0 Å². The molecule has 0 aromatic heterocycles. The first-order chi connectivity index (χ1) is 6.97. The van der Waals surface area contributed by atoms with E-state index in [2.05, 4.69) is 10.6 Å². The molecule has 1 unspecified atom stereocenters. The Kier molecular flexibility index (Phi) is 6.70. The predicted molar refractivity (Wildman–Crippen MR) is 57.4 cm³/mol. The zero-order valence-electron chi connectivity index (χ0n) is 9.79. The van der Waals surface area contributed by atoms with Gasteiger partial charge in [0.05, 0.1) is 13.2 Å². The van der Waals surface area contributed by atoms with E-state index in [1.807, 2.05) is 13.8 Å². The van der Waals surface area contributed by atoms with E-state index in [1.165, 1.54) is 0 Å². The first-order valence-corrected chi connectivity index (χ1v) is 5.16. The summed E-state index contributed by atoms with van der Waals surface area (Å²) >= 11 is 0. The van der Waals surface area contributed by atoms with E-state index in [0.29, 0.717) is 6.61 Å². The van der Waals surface area contributed by atoms with Crippen LogP contribution in [0.5, 0.6) is 0 Å². The van der Waals surface area contributed by atoms with Gasteiger partial charge in [0.25, 0.3) is 0 Å². The van der Waals surface area contributed by atoms with Gasteiger partial charge in [-0.05, 0) is 27.7 Å². The van der Waals surface area contributed by atoms with Gasteiger partial charge in [0, 0.05) is 6.04 Å². The van der Waals surface area contributed by atoms with E-state index in [4.69, 9.17) is 4.74 Å². The van der Waals surface area contributed by atoms with Crippen molar-refractivity contribution in [1.82, 2.24) is 10.6 Å². The van der Waals surface area contributed by atoms with Crippen molar-refractivity contribution in [2.24, 2.45) is 0 Å². The summed E-state index contributed by atoms with van der Waals surface area (Å²) in [5.74, 6) is -0.462. The van der Waals surface area contributed by atoms with Gasteiger partial charge in [0.1, 0.15) is 6.04 Å². The molecule has 88 valence electrons. The lowest BCUT2D eigenvalue weighted by atomic mass is 10.3. The summed E-state index contributed by atoms with van der Waals surface area (Å²) in [5, 5.41) is 5.50. The molecule has 0 aliphatic heterocycles. The molecule has 0 saturated carbocycles. The smallest absolute Gasteiger partial charge is 0.322 e. The molecule has 1 amide bonds. The Balaban J connectivity index is 3.75. The highest BCUT2D eigenvalue weighted by molar-refractivity contribution is 5.80. The van der Waals surface area contributed by atoms with Crippen LogP contribution < -0.4 is 10.6 Å². The number of esters is 1. The molecule has 15 heavy (non-hydrogen) atoms. The maximum Gasteiger partial charge on any atom is 0.322 e. The quantitative estimate of drug-likeness (QED) is 0.616. The maximum atomic E-state index is 11.2. The number of nitrogens with one attached hydrogen (secondary N) is 2. The fraction of sp³-hybridized carbons (Fsp3) is 0.800. The molecule has 1 atom stereocenters. The number of carbonyl (C=O) groups excluding carboxylic acids is 2. The summed E-state index contributed by atoms with van der Waals surface area (Å²) in [5.41, 5.74) is 0. The molecule has 5 nitrogen and oxygen atoms in total. The monoisotopic (exact) mass is 216 g/mol. The second kappa shape index (κ2) is 7.23. The van der Waals surface area contributed by atoms with Crippen LogP contribution in [0.4, 0.5) is 0 Å². The van der Waals surface area contributed by atoms with Crippen LogP contribution in [0.15, 0.2) is 0 Å². The Morgan fingerprint density at radius 2 is 1.87 bits per heavy atom. The zero-order valence-corrected chi connectivity index (χ0v) is 9.79. The Bertz CT molecular complexity index is 217. The molecule has 0 bridgehead atoms. The van der Waals surface area contributed by atoms with Crippen molar-refractivity contribution >= 4 is 11.9 Å². The Morgan fingerprint density at radius 3 is 2.33 bits per heavy atom. The van der Waals surface area contributed by atoms with Crippen LogP contribution in [-0.4, -0.2) is 37.1 Å². The Labute approximate surface area is 90.6 Å². The lowest BCUT2D eigenvalue weighted by molar-refractivity contribution is -0.145. The third-order valence-electron chi connectivity index (χ3n) is 1.66. The molecular weight excluding hydrogens is 196 g/mol. The number of hydrogen-bond acceptors (Lipinski definition) is 4. The summed E-state index contributed by atoms with van der Waals surface area (Å²) in [6.07, 6.45) is 0. The number of carbonyl (C=O) groups is 2. The molecule has 0 aromatic carbocycles. The number of rotatable bonds is 6. The van der Waals surface area contributed by atoms with Crippen LogP contribution in [-0.2, 0) is 14.3 Å². The van der Waals surface area contributed by atoms with Crippen molar-refractivity contribution in [3.8, 4) is 0 Å². The normalized spacial score (nSPS) is 12.3. The molecule has 0 heterocycles. The van der Waals surface area contributed by atoms with Gasteiger partial charge in [0.2, 0.25) is 5.91 Å². The Hall–Kier alpha value is -1.10. The first-order valence-electron chi connectivity index (χ1n) is 5.16. The van der Waals surface area contributed by atoms with Crippen molar-refractivity contribution in [3.05, 3.63) is 0 Å². The molecule has 0 aliphatic carbocycles. The number of ether oxygens (including phenoxy) is 1. The molecule has 0 radical (unpaired) electrons. The maximum absolute atomic E-state index is 11.2. The third kappa shape index (κ3) is 6.90. The van der Waals surface area contributed by atoms with E-state index in [1.54, 1.807) is 13.8 Å². The second-order valence-electron chi connectivity index (χ2n) is 3.58. The predicted octanol–water partition coefficient (Wildman–Crippen LogP) is 0.0522. The number of hydrogen-bond donors (Lipinski definition) is 2. The fourth-order valence-corrected chi connectivity index (χ4v) is 0.969. The van der Waals surface area contributed by atoms with Crippen LogP contribution in [0.2, 0.25) is 0 Å². The van der Waals surface area contributed by atoms with Crippen molar-refractivity contribution in [1.29, 1.82) is 0 Å². The fourth-order valence-electron chi connectivity index (χ4n) is 0.969. The Morgan fingerprint density at radius 1 is 1.27 bits per heavy atom. The summed E-state index contributed by atoms with van der Waals surface area (Å²) in [6, 6.07) is -0.347. The van der Waals surface area contributed by atoms with E-state index in [-0.39, 0.29) is 24.5 Å². The second-order valence-corrected chi connectivity index (χ2v) is 3.58. The third-order valence-corrected chi connectivity index (χ3v) is 1.66. The van der Waals surface area contributed by atoms with Crippen LogP contribution in [0, 0.1) is 0 Å². The van der Waals surface area contributed by atoms with Crippen molar-refractivity contribution in [2.45, 2.75) is 39.8 Å². The number of amides is 1. The zero-order chi connectivity index (χ0) is 11.8. The SMILES string of the molecule is CCOC(=O)C(C)NCC(=O)NC(C)C. The van der Waals surface area contributed by atoms with Gasteiger partial charge in [-0.15, -0.1) is 0 Å². The average Bonchev–Trinajstić information content (AvgIpc) is 2.13. The van der Waals surface area contributed by atoms with E-state index < -0.39 is 6.04 Å². The van der Waals surface area contributed by atoms with Gasteiger partial charge in [-0.1, -0.05) is 0 Å². The van der Waals surface area contributed by atoms with Crippen molar-refractivity contribution in [3.63, 3.8) is 0 Å². The summed E-state index contributed by atoms with van der Waals surface area (Å²) in [7, 11) is 0. The lowest BCUT2D eigenvalue weighted by Crippen LogP contribution is -2.43. The molecule has 0 rings (SSSR count). The van der Waals surface area contributed by atoms with Crippen LogP contribution in [0.3, 0.4) is 0 Å². The first kappa shape index (κ1) is 13.9. The van der Waals surface area contributed by atoms with Gasteiger partial charge in [-0.2, -0.15) is 0 Å². The standard InChI is InChI=1S/C10H20N2O3/c1-5-15-10(14)8(4)11-6-9(13)12-7(2)3/h7-8,11H,5-6H2,1-4H3,(H,12,13). The summed E-state index contributed by atoms with van der Waals surface area (Å²) in [4.78, 5) is 22.4. The van der Waals surface area contributed by atoms with Crippen LogP contribution >= 0.6 is 0 Å². The van der Waals surface area contributed by atoms with Crippen molar-refractivity contribution < 1.29 is 14.3 Å². The topological polar surface area (TPSA) is 67.4 Å². The summed E-state index contributed by atoms with van der Waals surface area (Å²) in [6.45, 7) is 7.65. The lowest BCUT2D eigenvalue weighted by Gasteiger charge is -2.13. The summed E-state index contributed by atoms with van der Waals surface area (Å²) < 4.78 is 4.78. The molecule has 0 aromatic rings. The van der Waals surface area contributed by atoms with E-state index in [9.17, 15) is 9.59 Å². The highest BCUT2D eigenvalue weighted by Crippen LogP contribution is 1.87. The molecule has 5 heteroatoms. The minimum Gasteiger partial charge on any atom is -0.465 e. The minimum atomic E-state index is -0.456. The molecule has 0 fully saturated rings. The largest absolute Gasteiger partial charge is 0.465 e. The van der Waals surface area contributed by atoms with Crippen LogP contribution in [0.25, 0.3) is 0 Å². The molecule has 2 N–H and O–H groups in total. The van der Waals surface area contributed by atoms with Gasteiger partial charge in [-0.3, -0.25) is 14.9 Å². The van der Waals surface area contributed by atoms with Crippen LogP contribution in [0.1, 0.15) is 27.7 Å². The van der Waals surface area contributed by atoms with Crippen molar-refractivity contribution in [2.75, 3.05) is 13.2 Å². The molecule has 0 aliphatic rings. The van der Waals surface area contributed by atoms with Gasteiger partial charge < -0.3 is 10.1 Å². The highest BCUT2D eigenvalue weighted by atomic mass is 16.5.